The van der Waals surface area contributed by atoms with Crippen molar-refractivity contribution in [2.45, 2.75) is 20.0 Å². The highest BCUT2D eigenvalue weighted by molar-refractivity contribution is 5.55. The van der Waals surface area contributed by atoms with Gasteiger partial charge in [0.25, 0.3) is 5.56 Å². The van der Waals surface area contributed by atoms with Gasteiger partial charge in [-0.2, -0.15) is 0 Å². The fourth-order valence-electron chi connectivity index (χ4n) is 1.80. The maximum Gasteiger partial charge on any atom is 0.251 e. The molecule has 0 radical (unpaired) electrons. The van der Waals surface area contributed by atoms with Gasteiger partial charge in [-0.3, -0.25) is 4.79 Å². The number of aromatic amines is 1. The van der Waals surface area contributed by atoms with Crippen LogP contribution in [-0.2, 0) is 17.8 Å². The maximum absolute atomic E-state index is 11.5. The summed E-state index contributed by atoms with van der Waals surface area (Å²) in [7, 11) is 1.66. The summed E-state index contributed by atoms with van der Waals surface area (Å²) in [5.74, 6) is 0.609. The number of benzene rings is 1. The minimum Gasteiger partial charge on any atom is -0.380 e. The van der Waals surface area contributed by atoms with Gasteiger partial charge in [0, 0.05) is 24.4 Å². The van der Waals surface area contributed by atoms with Gasteiger partial charge < -0.3 is 9.72 Å². The van der Waals surface area contributed by atoms with Crippen molar-refractivity contribution < 1.29 is 4.74 Å². The Hall–Kier alpha value is -1.94. The Morgan fingerprint density at radius 2 is 2.17 bits per heavy atom. The minimum absolute atomic E-state index is 0.117. The van der Waals surface area contributed by atoms with E-state index in [2.05, 4.69) is 9.97 Å². The zero-order valence-corrected chi connectivity index (χ0v) is 10.6. The van der Waals surface area contributed by atoms with Crippen LogP contribution in [0.2, 0.25) is 0 Å². The van der Waals surface area contributed by atoms with Gasteiger partial charge in [-0.25, -0.2) is 4.98 Å². The number of hydrogen-bond donors (Lipinski definition) is 1. The van der Waals surface area contributed by atoms with Gasteiger partial charge in [0.2, 0.25) is 0 Å². The van der Waals surface area contributed by atoms with Crippen LogP contribution in [0.5, 0.6) is 0 Å². The molecule has 0 saturated heterocycles. The van der Waals surface area contributed by atoms with Crippen molar-refractivity contribution in [2.75, 3.05) is 7.11 Å². The molecule has 0 atom stereocenters. The molecule has 0 fully saturated rings. The van der Waals surface area contributed by atoms with Crippen LogP contribution >= 0.6 is 0 Å². The molecule has 0 saturated carbocycles. The number of rotatable bonds is 4. The number of ether oxygens (including phenoxy) is 1. The average molecular weight is 244 g/mol. The average Bonchev–Trinajstić information content (AvgIpc) is 2.39. The summed E-state index contributed by atoms with van der Waals surface area (Å²) in [5, 5.41) is 0. The molecular formula is C14H16N2O2. The van der Waals surface area contributed by atoms with Gasteiger partial charge in [0.15, 0.2) is 0 Å². The summed E-state index contributed by atoms with van der Waals surface area (Å²) in [4.78, 5) is 18.7. The Kier molecular flexibility index (Phi) is 3.89. The lowest BCUT2D eigenvalue weighted by molar-refractivity contribution is 0.185. The van der Waals surface area contributed by atoms with E-state index in [9.17, 15) is 4.79 Å². The molecule has 94 valence electrons. The molecule has 1 aromatic heterocycles. The number of nitrogens with one attached hydrogen (secondary N) is 1. The Morgan fingerprint density at radius 1 is 1.33 bits per heavy atom. The van der Waals surface area contributed by atoms with Crippen LogP contribution in [0, 0.1) is 0 Å². The fourth-order valence-corrected chi connectivity index (χ4v) is 1.80. The topological polar surface area (TPSA) is 55.0 Å². The molecule has 4 nitrogen and oxygen atoms in total. The zero-order chi connectivity index (χ0) is 13.0. The number of nitrogens with zero attached hydrogens (tertiary/aromatic N) is 1. The summed E-state index contributed by atoms with van der Waals surface area (Å²) in [6.07, 6.45) is 0.745. The zero-order valence-electron chi connectivity index (χ0n) is 10.6. The largest absolute Gasteiger partial charge is 0.380 e. The molecule has 0 bridgehead atoms. The molecule has 0 spiro atoms. The second-order valence-corrected chi connectivity index (χ2v) is 4.07. The summed E-state index contributed by atoms with van der Waals surface area (Å²) < 4.78 is 5.10. The summed E-state index contributed by atoms with van der Waals surface area (Å²) in [6, 6.07) is 9.34. The quantitative estimate of drug-likeness (QED) is 0.896. The molecule has 0 unspecified atom stereocenters. The maximum atomic E-state index is 11.5. The highest BCUT2D eigenvalue weighted by Gasteiger charge is 2.04. The summed E-state index contributed by atoms with van der Waals surface area (Å²) in [6.45, 7) is 2.53. The lowest BCUT2D eigenvalue weighted by atomic mass is 10.1. The standard InChI is InChI=1S/C14H16N2O2/c1-3-12-8-13(17)16-14(15-12)11-6-4-5-10(7-11)9-18-2/h4-8H,3,9H2,1-2H3,(H,15,16,17). The molecule has 1 aromatic carbocycles. The van der Waals surface area contributed by atoms with Crippen LogP contribution in [0.25, 0.3) is 11.4 Å². The normalized spacial score (nSPS) is 10.6. The van der Waals surface area contributed by atoms with E-state index in [0.29, 0.717) is 12.4 Å². The number of aromatic nitrogens is 2. The number of H-pyrrole nitrogens is 1. The van der Waals surface area contributed by atoms with Crippen molar-refractivity contribution in [2.24, 2.45) is 0 Å². The van der Waals surface area contributed by atoms with Crippen molar-refractivity contribution in [3.63, 3.8) is 0 Å². The lowest BCUT2D eigenvalue weighted by Gasteiger charge is -2.05. The second kappa shape index (κ2) is 5.60. The van der Waals surface area contributed by atoms with Gasteiger partial charge >= 0.3 is 0 Å². The van der Waals surface area contributed by atoms with Gasteiger partial charge in [0.05, 0.1) is 6.61 Å². The smallest absolute Gasteiger partial charge is 0.251 e. The molecule has 0 aliphatic rings. The van der Waals surface area contributed by atoms with E-state index in [1.54, 1.807) is 7.11 Å². The molecule has 0 aliphatic carbocycles. The van der Waals surface area contributed by atoms with Gasteiger partial charge in [-0.05, 0) is 18.1 Å². The number of aryl methyl sites for hydroxylation is 1. The molecule has 1 heterocycles. The van der Waals surface area contributed by atoms with Crippen molar-refractivity contribution >= 4 is 0 Å². The highest BCUT2D eigenvalue weighted by atomic mass is 16.5. The summed E-state index contributed by atoms with van der Waals surface area (Å²) >= 11 is 0. The van der Waals surface area contributed by atoms with Crippen molar-refractivity contribution in [1.82, 2.24) is 9.97 Å². The first-order valence-electron chi connectivity index (χ1n) is 5.91. The van der Waals surface area contributed by atoms with Crippen LogP contribution in [0.1, 0.15) is 18.2 Å². The molecular weight excluding hydrogens is 228 g/mol. The number of hydrogen-bond acceptors (Lipinski definition) is 3. The Morgan fingerprint density at radius 3 is 2.89 bits per heavy atom. The van der Waals surface area contributed by atoms with Crippen LogP contribution in [0.3, 0.4) is 0 Å². The van der Waals surface area contributed by atoms with Crippen molar-refractivity contribution in [3.8, 4) is 11.4 Å². The Bertz CT molecular complexity index is 590. The van der Waals surface area contributed by atoms with E-state index in [1.165, 1.54) is 6.07 Å². The van der Waals surface area contributed by atoms with E-state index in [-0.39, 0.29) is 5.56 Å². The predicted molar refractivity (Wildman–Crippen MR) is 70.4 cm³/mol. The van der Waals surface area contributed by atoms with E-state index < -0.39 is 0 Å². The molecule has 0 aliphatic heterocycles. The first kappa shape index (κ1) is 12.5. The Labute approximate surface area is 106 Å². The third-order valence-corrected chi connectivity index (χ3v) is 2.67. The number of methoxy groups -OCH3 is 1. The van der Waals surface area contributed by atoms with Crippen LogP contribution < -0.4 is 5.56 Å². The van der Waals surface area contributed by atoms with E-state index in [4.69, 9.17) is 4.74 Å². The van der Waals surface area contributed by atoms with Crippen LogP contribution in [-0.4, -0.2) is 17.1 Å². The molecule has 18 heavy (non-hydrogen) atoms. The predicted octanol–water partition coefficient (Wildman–Crippen LogP) is 2.15. The van der Waals surface area contributed by atoms with E-state index in [1.807, 2.05) is 31.2 Å². The van der Waals surface area contributed by atoms with Crippen molar-refractivity contribution in [3.05, 3.63) is 51.9 Å². The first-order valence-corrected chi connectivity index (χ1v) is 5.91. The second-order valence-electron chi connectivity index (χ2n) is 4.07. The van der Waals surface area contributed by atoms with Gasteiger partial charge in [-0.15, -0.1) is 0 Å². The van der Waals surface area contributed by atoms with E-state index in [0.717, 1.165) is 23.2 Å². The van der Waals surface area contributed by atoms with Crippen LogP contribution in [0.4, 0.5) is 0 Å². The van der Waals surface area contributed by atoms with Crippen LogP contribution in [0.15, 0.2) is 35.1 Å². The van der Waals surface area contributed by atoms with E-state index >= 15 is 0 Å². The Balaban J connectivity index is 2.44. The highest BCUT2D eigenvalue weighted by Crippen LogP contribution is 2.16. The monoisotopic (exact) mass is 244 g/mol. The fraction of sp³-hybridized carbons (Fsp3) is 0.286. The molecule has 2 aromatic rings. The first-order chi connectivity index (χ1) is 8.72. The summed E-state index contributed by atoms with van der Waals surface area (Å²) in [5.41, 5.74) is 2.64. The van der Waals surface area contributed by atoms with Crippen molar-refractivity contribution in [1.29, 1.82) is 0 Å². The molecule has 2 rings (SSSR count). The third kappa shape index (κ3) is 2.84. The lowest BCUT2D eigenvalue weighted by Crippen LogP contribution is -2.10. The molecule has 4 heteroatoms. The molecule has 0 amide bonds. The van der Waals surface area contributed by atoms with Gasteiger partial charge in [-0.1, -0.05) is 25.1 Å². The third-order valence-electron chi connectivity index (χ3n) is 2.67. The molecule has 1 N–H and O–H groups in total. The van der Waals surface area contributed by atoms with Gasteiger partial charge in [0.1, 0.15) is 5.82 Å². The minimum atomic E-state index is -0.117. The SMILES string of the molecule is CCc1cc(=O)[nH]c(-c2cccc(COC)c2)n1.